The van der Waals surface area contributed by atoms with Crippen molar-refractivity contribution in [3.63, 3.8) is 0 Å². The summed E-state index contributed by atoms with van der Waals surface area (Å²) in [6, 6.07) is 4.25. The SMILES string of the molecule is C#CC(C)Nc1nc2cc([N+](=O)[O-])ccc2o1. The molecule has 1 aromatic carbocycles. The number of hydrogen-bond acceptors (Lipinski definition) is 5. The summed E-state index contributed by atoms with van der Waals surface area (Å²) in [5, 5.41) is 13.4. The Morgan fingerprint density at radius 2 is 2.41 bits per heavy atom. The molecule has 0 spiro atoms. The zero-order valence-electron chi connectivity index (χ0n) is 9.01. The van der Waals surface area contributed by atoms with Crippen molar-refractivity contribution < 1.29 is 9.34 Å². The molecular weight excluding hydrogens is 222 g/mol. The number of nitro benzene ring substituents is 1. The van der Waals surface area contributed by atoms with E-state index in [-0.39, 0.29) is 17.7 Å². The number of nitrogens with zero attached hydrogens (tertiary/aromatic N) is 2. The third kappa shape index (κ3) is 2.18. The topological polar surface area (TPSA) is 81.2 Å². The highest BCUT2D eigenvalue weighted by molar-refractivity contribution is 5.77. The lowest BCUT2D eigenvalue weighted by molar-refractivity contribution is -0.384. The standard InChI is InChI=1S/C11H9N3O3/c1-3-7(2)12-11-13-9-6-8(14(15)16)4-5-10(9)17-11/h1,4-7H,2H3,(H,12,13). The number of oxazole rings is 1. The maximum absolute atomic E-state index is 10.6. The summed E-state index contributed by atoms with van der Waals surface area (Å²) in [5.74, 6) is 2.47. The summed E-state index contributed by atoms with van der Waals surface area (Å²) >= 11 is 0. The summed E-state index contributed by atoms with van der Waals surface area (Å²) < 4.78 is 5.33. The Morgan fingerprint density at radius 1 is 1.65 bits per heavy atom. The van der Waals surface area contributed by atoms with E-state index in [1.807, 2.05) is 0 Å². The van der Waals surface area contributed by atoms with Gasteiger partial charge in [-0.3, -0.25) is 10.1 Å². The van der Waals surface area contributed by atoms with Crippen LogP contribution in [0.3, 0.4) is 0 Å². The lowest BCUT2D eigenvalue weighted by atomic mass is 10.3. The second-order valence-electron chi connectivity index (χ2n) is 3.46. The lowest BCUT2D eigenvalue weighted by Crippen LogP contribution is -2.11. The van der Waals surface area contributed by atoms with Gasteiger partial charge in [-0.1, -0.05) is 5.92 Å². The maximum Gasteiger partial charge on any atom is 0.296 e. The molecule has 0 bridgehead atoms. The van der Waals surface area contributed by atoms with Crippen molar-refractivity contribution in [2.24, 2.45) is 0 Å². The molecule has 1 atom stereocenters. The number of aromatic nitrogens is 1. The minimum absolute atomic E-state index is 0.0256. The third-order valence-corrected chi connectivity index (χ3v) is 2.17. The molecule has 0 aliphatic carbocycles. The molecule has 0 radical (unpaired) electrons. The predicted octanol–water partition coefficient (Wildman–Crippen LogP) is 2.17. The highest BCUT2D eigenvalue weighted by Gasteiger charge is 2.12. The van der Waals surface area contributed by atoms with Crippen molar-refractivity contribution in [2.75, 3.05) is 5.32 Å². The Morgan fingerprint density at radius 3 is 3.06 bits per heavy atom. The van der Waals surface area contributed by atoms with Gasteiger partial charge >= 0.3 is 0 Å². The molecule has 0 amide bonds. The molecule has 1 heterocycles. The van der Waals surface area contributed by atoms with Crippen LogP contribution in [-0.2, 0) is 0 Å². The molecule has 17 heavy (non-hydrogen) atoms. The molecule has 2 aromatic rings. The van der Waals surface area contributed by atoms with Crippen molar-refractivity contribution in [1.82, 2.24) is 4.98 Å². The van der Waals surface area contributed by atoms with E-state index >= 15 is 0 Å². The molecule has 1 unspecified atom stereocenters. The fourth-order valence-corrected chi connectivity index (χ4v) is 1.32. The number of hydrogen-bond donors (Lipinski definition) is 1. The maximum atomic E-state index is 10.6. The minimum atomic E-state index is -0.481. The number of fused-ring (bicyclic) bond motifs is 1. The van der Waals surface area contributed by atoms with Gasteiger partial charge in [0.2, 0.25) is 0 Å². The zero-order chi connectivity index (χ0) is 12.4. The van der Waals surface area contributed by atoms with Crippen LogP contribution in [-0.4, -0.2) is 15.9 Å². The first-order chi connectivity index (χ1) is 8.10. The number of anilines is 1. The van der Waals surface area contributed by atoms with Crippen LogP contribution in [0.5, 0.6) is 0 Å². The van der Waals surface area contributed by atoms with Crippen molar-refractivity contribution in [1.29, 1.82) is 0 Å². The summed E-state index contributed by atoms with van der Waals surface area (Å²) in [6.45, 7) is 1.78. The van der Waals surface area contributed by atoms with Crippen LogP contribution in [0.4, 0.5) is 11.7 Å². The average molecular weight is 231 g/mol. The van der Waals surface area contributed by atoms with Crippen LogP contribution in [0.15, 0.2) is 22.6 Å². The van der Waals surface area contributed by atoms with Crippen LogP contribution in [0.1, 0.15) is 6.92 Å². The second kappa shape index (κ2) is 4.14. The molecule has 1 N–H and O–H groups in total. The average Bonchev–Trinajstić information content (AvgIpc) is 2.69. The summed E-state index contributed by atoms with van der Waals surface area (Å²) in [5.41, 5.74) is 0.871. The predicted molar refractivity (Wildman–Crippen MR) is 62.6 cm³/mol. The van der Waals surface area contributed by atoms with Gasteiger partial charge < -0.3 is 9.73 Å². The van der Waals surface area contributed by atoms with Crippen LogP contribution >= 0.6 is 0 Å². The first kappa shape index (κ1) is 11.0. The minimum Gasteiger partial charge on any atom is -0.424 e. The van der Waals surface area contributed by atoms with E-state index < -0.39 is 4.92 Å². The van der Waals surface area contributed by atoms with Gasteiger partial charge in [0.25, 0.3) is 11.7 Å². The number of nitro groups is 1. The quantitative estimate of drug-likeness (QED) is 0.497. The van der Waals surface area contributed by atoms with Crippen molar-refractivity contribution in [3.8, 4) is 12.3 Å². The van der Waals surface area contributed by atoms with Gasteiger partial charge in [0.1, 0.15) is 5.52 Å². The van der Waals surface area contributed by atoms with Crippen LogP contribution in [0, 0.1) is 22.5 Å². The van der Waals surface area contributed by atoms with Crippen molar-refractivity contribution in [2.45, 2.75) is 13.0 Å². The highest BCUT2D eigenvalue weighted by Crippen LogP contribution is 2.23. The van der Waals surface area contributed by atoms with Crippen molar-refractivity contribution >= 4 is 22.8 Å². The van der Waals surface area contributed by atoms with E-state index in [0.717, 1.165) is 0 Å². The van der Waals surface area contributed by atoms with Gasteiger partial charge in [-0.25, -0.2) is 0 Å². The molecule has 0 saturated heterocycles. The fraction of sp³-hybridized carbons (Fsp3) is 0.182. The molecule has 2 rings (SSSR count). The van der Waals surface area contributed by atoms with Gasteiger partial charge in [0.15, 0.2) is 5.58 Å². The second-order valence-corrected chi connectivity index (χ2v) is 3.46. The molecule has 86 valence electrons. The lowest BCUT2D eigenvalue weighted by Gasteiger charge is -2.02. The number of benzene rings is 1. The van der Waals surface area contributed by atoms with E-state index in [1.165, 1.54) is 18.2 Å². The summed E-state index contributed by atoms with van der Waals surface area (Å²) in [6.07, 6.45) is 5.21. The van der Waals surface area contributed by atoms with Crippen molar-refractivity contribution in [3.05, 3.63) is 28.3 Å². The van der Waals surface area contributed by atoms with E-state index in [1.54, 1.807) is 6.92 Å². The molecule has 0 aliphatic heterocycles. The first-order valence-corrected chi connectivity index (χ1v) is 4.88. The number of non-ortho nitro benzene ring substituents is 1. The van der Waals surface area contributed by atoms with Crippen LogP contribution in [0.25, 0.3) is 11.1 Å². The zero-order valence-corrected chi connectivity index (χ0v) is 9.01. The normalized spacial score (nSPS) is 12.0. The summed E-state index contributed by atoms with van der Waals surface area (Å²) in [7, 11) is 0. The Bertz CT molecular complexity index is 612. The summed E-state index contributed by atoms with van der Waals surface area (Å²) in [4.78, 5) is 14.2. The molecular formula is C11H9N3O3. The van der Waals surface area contributed by atoms with Crippen LogP contribution < -0.4 is 5.32 Å². The van der Waals surface area contributed by atoms with Gasteiger partial charge in [-0.05, 0) is 13.0 Å². The van der Waals surface area contributed by atoms with Gasteiger partial charge in [0.05, 0.1) is 11.0 Å². The molecule has 6 heteroatoms. The molecule has 0 fully saturated rings. The third-order valence-electron chi connectivity index (χ3n) is 2.17. The highest BCUT2D eigenvalue weighted by atomic mass is 16.6. The molecule has 6 nitrogen and oxygen atoms in total. The molecule has 1 aromatic heterocycles. The fourth-order valence-electron chi connectivity index (χ4n) is 1.32. The Balaban J connectivity index is 2.37. The molecule has 0 saturated carbocycles. The van der Waals surface area contributed by atoms with Crippen LogP contribution in [0.2, 0.25) is 0 Å². The number of nitrogens with one attached hydrogen (secondary N) is 1. The molecule has 0 aliphatic rings. The first-order valence-electron chi connectivity index (χ1n) is 4.88. The van der Waals surface area contributed by atoms with E-state index in [9.17, 15) is 10.1 Å². The van der Waals surface area contributed by atoms with E-state index in [4.69, 9.17) is 10.8 Å². The number of terminal acetylenes is 1. The van der Waals surface area contributed by atoms with Gasteiger partial charge in [-0.15, -0.1) is 6.42 Å². The largest absolute Gasteiger partial charge is 0.424 e. The van der Waals surface area contributed by atoms with E-state index in [2.05, 4.69) is 16.2 Å². The van der Waals surface area contributed by atoms with Gasteiger partial charge in [-0.2, -0.15) is 4.98 Å². The van der Waals surface area contributed by atoms with Gasteiger partial charge in [0, 0.05) is 12.1 Å². The monoisotopic (exact) mass is 231 g/mol. The Hall–Kier alpha value is -2.55. The van der Waals surface area contributed by atoms with E-state index in [0.29, 0.717) is 11.1 Å². The Kier molecular flexibility index (Phi) is 2.66. The number of rotatable bonds is 3. The Labute approximate surface area is 96.8 Å². The smallest absolute Gasteiger partial charge is 0.296 e.